The van der Waals surface area contributed by atoms with Gasteiger partial charge in [-0.15, -0.1) is 0 Å². The second-order valence-electron chi connectivity index (χ2n) is 5.71. The molecule has 1 saturated heterocycles. The molecule has 0 aromatic carbocycles. The van der Waals surface area contributed by atoms with Gasteiger partial charge in [-0.1, -0.05) is 13.8 Å². The summed E-state index contributed by atoms with van der Waals surface area (Å²) in [6.45, 7) is 7.25. The average molecular weight is 270 g/mol. The van der Waals surface area contributed by atoms with Gasteiger partial charge in [0.25, 0.3) is 0 Å². The summed E-state index contributed by atoms with van der Waals surface area (Å²) < 4.78 is 0. The minimum absolute atomic E-state index is 0.00176. The number of aliphatic hydroxyl groups excluding tert-OH is 1. The van der Waals surface area contributed by atoms with Crippen LogP contribution in [-0.2, 0) is 9.59 Å². The van der Waals surface area contributed by atoms with Gasteiger partial charge < -0.3 is 15.3 Å². The van der Waals surface area contributed by atoms with Crippen molar-refractivity contribution in [2.45, 2.75) is 46.1 Å². The number of amides is 2. The van der Waals surface area contributed by atoms with Gasteiger partial charge in [-0.05, 0) is 26.2 Å². The van der Waals surface area contributed by atoms with E-state index in [0.29, 0.717) is 19.5 Å². The molecule has 0 aromatic heterocycles. The Balaban J connectivity index is 2.41. The Bertz CT molecular complexity index is 316. The second kappa shape index (κ2) is 7.48. The standard InChI is InChI=1S/C14H26N2O3/c1-10(2)14(19)16-8-4-5-12(9-16)13(18)15-7-6-11(3)17/h10-12,17H,4-9H2,1-3H3,(H,15,18). The number of aliphatic hydroxyl groups is 1. The van der Waals surface area contributed by atoms with E-state index in [1.165, 1.54) is 0 Å². The third-order valence-electron chi connectivity index (χ3n) is 3.46. The van der Waals surface area contributed by atoms with Crippen molar-refractivity contribution in [3.05, 3.63) is 0 Å². The van der Waals surface area contributed by atoms with E-state index in [0.717, 1.165) is 19.4 Å². The first-order chi connectivity index (χ1) is 8.91. The first-order valence-electron chi connectivity index (χ1n) is 7.16. The molecule has 2 N–H and O–H groups in total. The molecule has 0 spiro atoms. The highest BCUT2D eigenvalue weighted by atomic mass is 16.3. The lowest BCUT2D eigenvalue weighted by Crippen LogP contribution is -2.46. The van der Waals surface area contributed by atoms with Gasteiger partial charge in [0.15, 0.2) is 0 Å². The Kier molecular flexibility index (Phi) is 6.28. The molecule has 5 heteroatoms. The van der Waals surface area contributed by atoms with Gasteiger partial charge in [-0.3, -0.25) is 9.59 Å². The lowest BCUT2D eigenvalue weighted by atomic mass is 9.96. The van der Waals surface area contributed by atoms with Crippen LogP contribution in [0.4, 0.5) is 0 Å². The predicted molar refractivity (Wildman–Crippen MR) is 73.4 cm³/mol. The quantitative estimate of drug-likeness (QED) is 0.775. The Morgan fingerprint density at radius 3 is 2.63 bits per heavy atom. The number of carbonyl (C=O) groups excluding carboxylic acids is 2. The summed E-state index contributed by atoms with van der Waals surface area (Å²) >= 11 is 0. The van der Waals surface area contributed by atoms with Crippen molar-refractivity contribution in [1.29, 1.82) is 0 Å². The van der Waals surface area contributed by atoms with Crippen LogP contribution in [-0.4, -0.2) is 47.6 Å². The summed E-state index contributed by atoms with van der Waals surface area (Å²) in [4.78, 5) is 25.7. The summed E-state index contributed by atoms with van der Waals surface area (Å²) in [5.41, 5.74) is 0. The summed E-state index contributed by atoms with van der Waals surface area (Å²) in [5, 5.41) is 12.0. The van der Waals surface area contributed by atoms with Crippen LogP contribution in [0.1, 0.15) is 40.0 Å². The topological polar surface area (TPSA) is 69.6 Å². The molecule has 2 unspecified atom stereocenters. The molecular weight excluding hydrogens is 244 g/mol. The molecule has 0 bridgehead atoms. The number of carbonyl (C=O) groups is 2. The number of hydrogen-bond acceptors (Lipinski definition) is 3. The molecule has 2 amide bonds. The van der Waals surface area contributed by atoms with Gasteiger partial charge in [0.05, 0.1) is 12.0 Å². The number of piperidine rings is 1. The van der Waals surface area contributed by atoms with E-state index >= 15 is 0 Å². The van der Waals surface area contributed by atoms with Crippen molar-refractivity contribution in [1.82, 2.24) is 10.2 Å². The van der Waals surface area contributed by atoms with E-state index in [9.17, 15) is 9.59 Å². The first kappa shape index (κ1) is 16.0. The molecule has 0 radical (unpaired) electrons. The van der Waals surface area contributed by atoms with Crippen molar-refractivity contribution in [3.8, 4) is 0 Å². The normalized spacial score (nSPS) is 21.3. The molecular formula is C14H26N2O3. The molecule has 0 saturated carbocycles. The second-order valence-corrected chi connectivity index (χ2v) is 5.71. The monoisotopic (exact) mass is 270 g/mol. The zero-order valence-corrected chi connectivity index (χ0v) is 12.2. The predicted octanol–water partition coefficient (Wildman–Crippen LogP) is 0.768. The van der Waals surface area contributed by atoms with E-state index in [2.05, 4.69) is 5.32 Å². The molecule has 1 heterocycles. The van der Waals surface area contributed by atoms with Gasteiger partial charge in [-0.2, -0.15) is 0 Å². The van der Waals surface area contributed by atoms with E-state index in [1.807, 2.05) is 13.8 Å². The lowest BCUT2D eigenvalue weighted by Gasteiger charge is -2.33. The van der Waals surface area contributed by atoms with Gasteiger partial charge in [0.2, 0.25) is 11.8 Å². The number of nitrogens with one attached hydrogen (secondary N) is 1. The molecule has 0 aliphatic carbocycles. The average Bonchev–Trinajstić information content (AvgIpc) is 2.37. The molecule has 1 aliphatic rings. The maximum Gasteiger partial charge on any atom is 0.225 e. The highest BCUT2D eigenvalue weighted by Crippen LogP contribution is 2.18. The van der Waals surface area contributed by atoms with Crippen LogP contribution in [0.25, 0.3) is 0 Å². The fourth-order valence-electron chi connectivity index (χ4n) is 2.31. The van der Waals surface area contributed by atoms with Crippen LogP contribution < -0.4 is 5.32 Å². The smallest absolute Gasteiger partial charge is 0.225 e. The number of rotatable bonds is 5. The Labute approximate surface area is 115 Å². The van der Waals surface area contributed by atoms with Crippen molar-refractivity contribution in [2.75, 3.05) is 19.6 Å². The molecule has 1 rings (SSSR count). The fraction of sp³-hybridized carbons (Fsp3) is 0.857. The van der Waals surface area contributed by atoms with Crippen molar-refractivity contribution in [2.24, 2.45) is 11.8 Å². The highest BCUT2D eigenvalue weighted by molar-refractivity contribution is 5.82. The molecule has 110 valence electrons. The molecule has 1 aliphatic heterocycles. The summed E-state index contributed by atoms with van der Waals surface area (Å²) in [6.07, 6.45) is 1.88. The van der Waals surface area contributed by atoms with Crippen LogP contribution in [0.5, 0.6) is 0 Å². The number of nitrogens with zero attached hydrogens (tertiary/aromatic N) is 1. The van der Waals surface area contributed by atoms with Crippen molar-refractivity contribution in [3.63, 3.8) is 0 Å². The minimum atomic E-state index is -0.398. The van der Waals surface area contributed by atoms with E-state index in [-0.39, 0.29) is 23.7 Å². The Hall–Kier alpha value is -1.10. The largest absolute Gasteiger partial charge is 0.393 e. The summed E-state index contributed by atoms with van der Waals surface area (Å²) in [6, 6.07) is 0. The maximum atomic E-state index is 12.0. The van der Waals surface area contributed by atoms with Gasteiger partial charge in [0, 0.05) is 25.6 Å². The van der Waals surface area contributed by atoms with Crippen LogP contribution in [0, 0.1) is 11.8 Å². The summed E-state index contributed by atoms with van der Waals surface area (Å²) in [5.74, 6) is 0.00545. The SMILES string of the molecule is CC(O)CCNC(=O)C1CCCN(C(=O)C(C)C)C1. The van der Waals surface area contributed by atoms with Crippen molar-refractivity contribution >= 4 is 11.8 Å². The van der Waals surface area contributed by atoms with E-state index in [4.69, 9.17) is 5.11 Å². The lowest BCUT2D eigenvalue weighted by molar-refractivity contribution is -0.138. The molecule has 0 aromatic rings. The van der Waals surface area contributed by atoms with Crippen LogP contribution >= 0.6 is 0 Å². The first-order valence-corrected chi connectivity index (χ1v) is 7.16. The summed E-state index contributed by atoms with van der Waals surface area (Å²) in [7, 11) is 0. The van der Waals surface area contributed by atoms with Crippen molar-refractivity contribution < 1.29 is 14.7 Å². The highest BCUT2D eigenvalue weighted by Gasteiger charge is 2.29. The van der Waals surface area contributed by atoms with Crippen LogP contribution in [0.2, 0.25) is 0 Å². The molecule has 2 atom stereocenters. The Morgan fingerprint density at radius 1 is 1.37 bits per heavy atom. The third-order valence-corrected chi connectivity index (χ3v) is 3.46. The van der Waals surface area contributed by atoms with Crippen LogP contribution in [0.15, 0.2) is 0 Å². The third kappa shape index (κ3) is 5.19. The van der Waals surface area contributed by atoms with Crippen LogP contribution in [0.3, 0.4) is 0 Å². The maximum absolute atomic E-state index is 12.0. The zero-order chi connectivity index (χ0) is 14.4. The minimum Gasteiger partial charge on any atom is -0.393 e. The van der Waals surface area contributed by atoms with Gasteiger partial charge in [0.1, 0.15) is 0 Å². The molecule has 1 fully saturated rings. The Morgan fingerprint density at radius 2 is 2.05 bits per heavy atom. The van der Waals surface area contributed by atoms with Gasteiger partial charge >= 0.3 is 0 Å². The van der Waals surface area contributed by atoms with Gasteiger partial charge in [-0.25, -0.2) is 0 Å². The molecule has 19 heavy (non-hydrogen) atoms. The number of hydrogen-bond donors (Lipinski definition) is 2. The van der Waals surface area contributed by atoms with E-state index in [1.54, 1.807) is 11.8 Å². The zero-order valence-electron chi connectivity index (χ0n) is 12.2. The molecule has 5 nitrogen and oxygen atoms in total. The number of likely N-dealkylation sites (tertiary alicyclic amines) is 1. The van der Waals surface area contributed by atoms with E-state index < -0.39 is 6.10 Å². The fourth-order valence-corrected chi connectivity index (χ4v) is 2.31.